The Morgan fingerprint density at radius 1 is 1.04 bits per heavy atom. The van der Waals surface area contributed by atoms with Gasteiger partial charge in [0.25, 0.3) is 0 Å². The van der Waals surface area contributed by atoms with Gasteiger partial charge in [0.15, 0.2) is 0 Å². The van der Waals surface area contributed by atoms with Crippen molar-refractivity contribution in [1.82, 2.24) is 9.80 Å². The van der Waals surface area contributed by atoms with Crippen molar-refractivity contribution in [2.24, 2.45) is 5.92 Å². The van der Waals surface area contributed by atoms with Crippen molar-refractivity contribution in [3.63, 3.8) is 0 Å². The highest BCUT2D eigenvalue weighted by Crippen LogP contribution is 2.27. The van der Waals surface area contributed by atoms with E-state index >= 15 is 0 Å². The summed E-state index contributed by atoms with van der Waals surface area (Å²) in [4.78, 5) is 28.7. The van der Waals surface area contributed by atoms with Gasteiger partial charge in [0.05, 0.1) is 5.75 Å². The Labute approximate surface area is 169 Å². The average Bonchev–Trinajstić information content (AvgIpc) is 3.17. The van der Waals surface area contributed by atoms with Crippen LogP contribution in [0.15, 0.2) is 18.2 Å². The van der Waals surface area contributed by atoms with Crippen LogP contribution in [-0.2, 0) is 15.3 Å². The van der Waals surface area contributed by atoms with Crippen LogP contribution < -0.4 is 0 Å². The van der Waals surface area contributed by atoms with Gasteiger partial charge in [0.1, 0.15) is 0 Å². The van der Waals surface area contributed by atoms with E-state index in [4.69, 9.17) is 23.2 Å². The van der Waals surface area contributed by atoms with Crippen molar-refractivity contribution >= 4 is 46.8 Å². The third-order valence-electron chi connectivity index (χ3n) is 5.15. The van der Waals surface area contributed by atoms with Gasteiger partial charge < -0.3 is 9.80 Å². The molecular weight excluding hydrogens is 391 g/mol. The van der Waals surface area contributed by atoms with Gasteiger partial charge in [-0.25, -0.2) is 0 Å². The molecule has 0 atom stereocenters. The minimum Gasteiger partial charge on any atom is -0.339 e. The number of nitrogens with zero attached hydrogens (tertiary/aromatic N) is 2. The first kappa shape index (κ1) is 19.8. The fraction of sp³-hybridized carbons (Fsp3) is 0.579. The van der Waals surface area contributed by atoms with Crippen molar-refractivity contribution in [3.05, 3.63) is 33.8 Å². The highest BCUT2D eigenvalue weighted by Gasteiger charge is 2.30. The molecule has 0 unspecified atom stereocenters. The molecule has 1 heterocycles. The lowest BCUT2D eigenvalue weighted by Crippen LogP contribution is -2.52. The van der Waals surface area contributed by atoms with E-state index in [9.17, 15) is 9.59 Å². The van der Waals surface area contributed by atoms with E-state index in [1.54, 1.807) is 17.8 Å². The average molecular weight is 415 g/mol. The number of rotatable bonds is 5. The van der Waals surface area contributed by atoms with E-state index < -0.39 is 0 Å². The first-order chi connectivity index (χ1) is 12.5. The van der Waals surface area contributed by atoms with Gasteiger partial charge in [-0.15, -0.1) is 11.8 Å². The van der Waals surface area contributed by atoms with Gasteiger partial charge in [0.2, 0.25) is 11.8 Å². The molecular formula is C19H24Cl2N2O2S. The Morgan fingerprint density at radius 3 is 2.35 bits per heavy atom. The SMILES string of the molecule is O=C(CSCc1ccc(Cl)cc1Cl)N1CCN(C(=O)C2CCCC2)CC1. The van der Waals surface area contributed by atoms with Crippen LogP contribution in [0.3, 0.4) is 0 Å². The number of carbonyl (C=O) groups is 2. The first-order valence-electron chi connectivity index (χ1n) is 9.13. The number of piperazine rings is 1. The topological polar surface area (TPSA) is 40.6 Å². The Hall–Kier alpha value is -0.910. The maximum absolute atomic E-state index is 12.5. The lowest BCUT2D eigenvalue weighted by atomic mass is 10.1. The lowest BCUT2D eigenvalue weighted by molar-refractivity contribution is -0.141. The van der Waals surface area contributed by atoms with Crippen LogP contribution in [0.5, 0.6) is 0 Å². The zero-order valence-electron chi connectivity index (χ0n) is 14.8. The second-order valence-electron chi connectivity index (χ2n) is 6.92. The zero-order chi connectivity index (χ0) is 18.5. The Balaban J connectivity index is 1.40. The molecule has 0 N–H and O–H groups in total. The van der Waals surface area contributed by atoms with Gasteiger partial charge in [-0.1, -0.05) is 42.1 Å². The minimum absolute atomic E-state index is 0.132. The van der Waals surface area contributed by atoms with Crippen LogP contribution in [-0.4, -0.2) is 53.5 Å². The summed E-state index contributed by atoms with van der Waals surface area (Å²) in [5, 5.41) is 1.25. The molecule has 7 heteroatoms. The molecule has 1 saturated carbocycles. The summed E-state index contributed by atoms with van der Waals surface area (Å²) >= 11 is 13.6. The smallest absolute Gasteiger partial charge is 0.232 e. The summed E-state index contributed by atoms with van der Waals surface area (Å²) < 4.78 is 0. The maximum Gasteiger partial charge on any atom is 0.232 e. The molecule has 1 aliphatic heterocycles. The quantitative estimate of drug-likeness (QED) is 0.728. The largest absolute Gasteiger partial charge is 0.339 e. The fourth-order valence-electron chi connectivity index (χ4n) is 3.59. The monoisotopic (exact) mass is 414 g/mol. The third kappa shape index (κ3) is 5.08. The second-order valence-corrected chi connectivity index (χ2v) is 8.75. The van der Waals surface area contributed by atoms with Gasteiger partial charge in [-0.3, -0.25) is 9.59 Å². The van der Waals surface area contributed by atoms with E-state index in [1.165, 1.54) is 12.8 Å². The molecule has 142 valence electrons. The molecule has 4 nitrogen and oxygen atoms in total. The summed E-state index contributed by atoms with van der Waals surface area (Å²) in [6.45, 7) is 2.60. The van der Waals surface area contributed by atoms with Gasteiger partial charge in [0, 0.05) is 47.9 Å². The second kappa shape index (κ2) is 9.34. The molecule has 1 aromatic rings. The predicted octanol–water partition coefficient (Wildman–Crippen LogP) is 4.09. The molecule has 2 aliphatic rings. The minimum atomic E-state index is 0.132. The normalized spacial score (nSPS) is 18.4. The van der Waals surface area contributed by atoms with Crippen molar-refractivity contribution in [1.29, 1.82) is 0 Å². The van der Waals surface area contributed by atoms with E-state index in [-0.39, 0.29) is 11.8 Å². The molecule has 0 bridgehead atoms. The summed E-state index contributed by atoms with van der Waals surface area (Å²) in [5.74, 6) is 1.75. The fourth-order valence-corrected chi connectivity index (χ4v) is 5.07. The van der Waals surface area contributed by atoms with Crippen LogP contribution in [0.1, 0.15) is 31.2 Å². The van der Waals surface area contributed by atoms with E-state index in [0.29, 0.717) is 53.6 Å². The summed E-state index contributed by atoms with van der Waals surface area (Å²) in [5.41, 5.74) is 0.987. The number of benzene rings is 1. The number of thioether (sulfide) groups is 1. The molecule has 1 saturated heterocycles. The molecule has 26 heavy (non-hydrogen) atoms. The third-order valence-corrected chi connectivity index (χ3v) is 6.70. The zero-order valence-corrected chi connectivity index (χ0v) is 17.1. The van der Waals surface area contributed by atoms with Crippen LogP contribution in [0.4, 0.5) is 0 Å². The Bertz CT molecular complexity index is 657. The van der Waals surface area contributed by atoms with Gasteiger partial charge in [-0.2, -0.15) is 0 Å². The molecule has 0 spiro atoms. The van der Waals surface area contributed by atoms with Crippen molar-refractivity contribution in [3.8, 4) is 0 Å². The molecule has 1 aromatic carbocycles. The number of hydrogen-bond donors (Lipinski definition) is 0. The molecule has 2 amide bonds. The number of amides is 2. The van der Waals surface area contributed by atoms with Gasteiger partial charge in [-0.05, 0) is 30.5 Å². The van der Waals surface area contributed by atoms with E-state index in [0.717, 1.165) is 18.4 Å². The van der Waals surface area contributed by atoms with Gasteiger partial charge >= 0.3 is 0 Å². The number of halogens is 2. The van der Waals surface area contributed by atoms with Crippen LogP contribution in [0.2, 0.25) is 10.0 Å². The molecule has 0 radical (unpaired) electrons. The summed E-state index contributed by atoms with van der Waals surface area (Å²) in [6.07, 6.45) is 4.40. The van der Waals surface area contributed by atoms with Crippen molar-refractivity contribution in [2.75, 3.05) is 31.9 Å². The highest BCUT2D eigenvalue weighted by atomic mass is 35.5. The first-order valence-corrected chi connectivity index (χ1v) is 11.0. The molecule has 1 aliphatic carbocycles. The van der Waals surface area contributed by atoms with Crippen LogP contribution in [0, 0.1) is 5.92 Å². The predicted molar refractivity (Wildman–Crippen MR) is 108 cm³/mol. The van der Waals surface area contributed by atoms with E-state index in [1.807, 2.05) is 21.9 Å². The number of hydrogen-bond acceptors (Lipinski definition) is 3. The van der Waals surface area contributed by atoms with E-state index in [2.05, 4.69) is 0 Å². The molecule has 3 rings (SSSR count). The van der Waals surface area contributed by atoms with Crippen LogP contribution >= 0.6 is 35.0 Å². The summed E-state index contributed by atoms with van der Waals surface area (Å²) in [6, 6.07) is 5.43. The van der Waals surface area contributed by atoms with Crippen molar-refractivity contribution in [2.45, 2.75) is 31.4 Å². The molecule has 2 fully saturated rings. The maximum atomic E-state index is 12.5. The van der Waals surface area contributed by atoms with Crippen molar-refractivity contribution < 1.29 is 9.59 Å². The standard InChI is InChI=1S/C19H24Cl2N2O2S/c20-16-6-5-15(17(21)11-16)12-26-13-18(24)22-7-9-23(10-8-22)19(25)14-3-1-2-4-14/h5-6,11,14H,1-4,7-10,12-13H2. The summed E-state index contributed by atoms with van der Waals surface area (Å²) in [7, 11) is 0. The van der Waals surface area contributed by atoms with Crippen LogP contribution in [0.25, 0.3) is 0 Å². The Morgan fingerprint density at radius 2 is 1.69 bits per heavy atom. The molecule has 0 aromatic heterocycles. The Kier molecular flexibility index (Phi) is 7.12. The lowest BCUT2D eigenvalue weighted by Gasteiger charge is -2.36. The highest BCUT2D eigenvalue weighted by molar-refractivity contribution is 7.99. The number of carbonyl (C=O) groups excluding carboxylic acids is 2.